The molecule has 1 amide bonds. The number of carbonyl (C=O) groups is 1. The summed E-state index contributed by atoms with van der Waals surface area (Å²) in [7, 11) is -2.89. The molecule has 1 aromatic carbocycles. The Labute approximate surface area is 165 Å². The molecule has 0 fully saturated rings. The average molecular weight is 411 g/mol. The van der Waals surface area contributed by atoms with E-state index in [9.17, 15) is 13.4 Å². The Morgan fingerprint density at radius 2 is 2.04 bits per heavy atom. The van der Waals surface area contributed by atoms with E-state index in [4.69, 9.17) is 4.74 Å². The molecule has 1 aromatic rings. The molecule has 0 saturated heterocycles. The summed E-state index contributed by atoms with van der Waals surface area (Å²) >= 11 is 0. The summed E-state index contributed by atoms with van der Waals surface area (Å²) in [6.07, 6.45) is 0.866. The average Bonchev–Trinajstić information content (AvgIpc) is 2.74. The van der Waals surface area contributed by atoms with E-state index in [1.54, 1.807) is 50.2 Å². The number of carbonyl (C=O) groups excluding carboxylic acids is 1. The molecule has 1 N–H and O–H groups in total. The zero-order valence-corrected chi connectivity index (χ0v) is 17.5. The summed E-state index contributed by atoms with van der Waals surface area (Å²) < 4.78 is 39.6. The third-order valence-corrected chi connectivity index (χ3v) is 7.10. The second-order valence-electron chi connectivity index (χ2n) is 8.23. The topological polar surface area (TPSA) is 83.4 Å². The first-order valence-corrected chi connectivity index (χ1v) is 11.0. The summed E-state index contributed by atoms with van der Waals surface area (Å²) in [6.45, 7) is 7.88. The van der Waals surface area contributed by atoms with Crippen molar-refractivity contribution in [3.05, 3.63) is 35.6 Å². The molecule has 0 aliphatic carbocycles. The number of fused-ring (bicyclic) bond motifs is 1. The van der Waals surface area contributed by atoms with Gasteiger partial charge in [0.1, 0.15) is 26.9 Å². The number of hydrogen-bond donors (Lipinski definition) is 1. The Morgan fingerprint density at radius 1 is 1.32 bits per heavy atom. The number of ether oxygens (including phenoxy) is 1. The van der Waals surface area contributed by atoms with E-state index >= 15 is 0 Å². The molecule has 0 aromatic heterocycles. The zero-order valence-electron chi connectivity index (χ0n) is 16.7. The molecule has 0 bridgehead atoms. The van der Waals surface area contributed by atoms with Gasteiger partial charge >= 0.3 is 6.09 Å². The summed E-state index contributed by atoms with van der Waals surface area (Å²) in [4.78, 5) is 17.0. The van der Waals surface area contributed by atoms with E-state index in [-0.39, 0.29) is 11.7 Å². The fourth-order valence-corrected chi connectivity index (χ4v) is 5.88. The van der Waals surface area contributed by atoms with E-state index in [1.807, 2.05) is 0 Å². The summed E-state index contributed by atoms with van der Waals surface area (Å²) in [6, 6.07) is 6.28. The number of benzene rings is 1. The van der Waals surface area contributed by atoms with Crippen molar-refractivity contribution >= 4 is 22.0 Å². The second kappa shape index (κ2) is 7.35. The molecule has 7 nitrogen and oxygen atoms in total. The highest BCUT2D eigenvalue weighted by Gasteiger charge is 2.43. The monoisotopic (exact) mass is 410 g/mol. The van der Waals surface area contributed by atoms with Crippen LogP contribution in [-0.4, -0.2) is 45.0 Å². The molecule has 2 heterocycles. The maximum absolute atomic E-state index is 14.5. The number of hydrogen-bond acceptors (Lipinski definition) is 5. The van der Waals surface area contributed by atoms with Gasteiger partial charge in [-0.1, -0.05) is 18.2 Å². The van der Waals surface area contributed by atoms with Gasteiger partial charge in [0.15, 0.2) is 0 Å². The third-order valence-electron chi connectivity index (χ3n) is 4.53. The summed E-state index contributed by atoms with van der Waals surface area (Å²) in [5, 5.41) is 2.63. The van der Waals surface area contributed by atoms with Crippen LogP contribution in [0.1, 0.15) is 46.1 Å². The van der Waals surface area contributed by atoms with Crippen LogP contribution >= 0.6 is 0 Å². The van der Waals surface area contributed by atoms with E-state index in [2.05, 4.69) is 14.7 Å². The largest absolute Gasteiger partial charge is 0.444 e. The highest BCUT2D eigenvalue weighted by molar-refractivity contribution is 7.92. The van der Waals surface area contributed by atoms with Gasteiger partial charge in [-0.2, -0.15) is 0 Å². The Balaban J connectivity index is 2.07. The van der Waals surface area contributed by atoms with Crippen LogP contribution < -0.4 is 5.32 Å². The van der Waals surface area contributed by atoms with E-state index in [0.29, 0.717) is 18.7 Å². The smallest absolute Gasteiger partial charge is 0.414 e. The van der Waals surface area contributed by atoms with Gasteiger partial charge in [0.05, 0.1) is 12.3 Å². The molecule has 2 atom stereocenters. The van der Waals surface area contributed by atoms with Crippen molar-refractivity contribution in [1.82, 2.24) is 9.62 Å². The molecule has 2 aliphatic rings. The normalized spacial score (nSPS) is 27.8. The van der Waals surface area contributed by atoms with Gasteiger partial charge < -0.3 is 4.74 Å². The van der Waals surface area contributed by atoms with Crippen LogP contribution in [0.2, 0.25) is 0 Å². The van der Waals surface area contributed by atoms with Gasteiger partial charge in [0.2, 0.25) is 5.96 Å². The number of rotatable bonds is 1. The minimum atomic E-state index is -2.89. The Hall–Kier alpha value is -2.16. The molecular weight excluding hydrogens is 383 g/mol. The predicted octanol–water partition coefficient (Wildman–Crippen LogP) is 3.41. The standard InChI is InChI=1S/C19H27FN4O3S/c1-18(2,3)27-17(25)22-16-23-19(4,14-9-5-6-10-15(14)20)13-28(26)21-11-7-8-12-24(16)28/h5-6,9-10H,7-8,11-13H2,1-4H3,(H,22,23,25)/t19-,28-/m0/s1. The lowest BCUT2D eigenvalue weighted by atomic mass is 9.94. The Morgan fingerprint density at radius 3 is 2.71 bits per heavy atom. The minimum absolute atomic E-state index is 0.0560. The van der Waals surface area contributed by atoms with Crippen LogP contribution in [0.15, 0.2) is 33.6 Å². The molecule has 0 spiro atoms. The number of aliphatic imine (C=N–C) groups is 1. The van der Waals surface area contributed by atoms with Crippen molar-refractivity contribution in [1.29, 1.82) is 0 Å². The number of nitrogens with one attached hydrogen (secondary N) is 1. The number of nitrogens with zero attached hydrogens (tertiary/aromatic N) is 3. The van der Waals surface area contributed by atoms with E-state index < -0.39 is 33.0 Å². The highest BCUT2D eigenvalue weighted by Crippen LogP contribution is 2.35. The fraction of sp³-hybridized carbons (Fsp3) is 0.579. The lowest BCUT2D eigenvalue weighted by molar-refractivity contribution is 0.0558. The van der Waals surface area contributed by atoms with Crippen LogP contribution in [0.5, 0.6) is 0 Å². The van der Waals surface area contributed by atoms with Crippen LogP contribution in [0.3, 0.4) is 0 Å². The van der Waals surface area contributed by atoms with Crippen molar-refractivity contribution in [3.8, 4) is 0 Å². The maximum atomic E-state index is 14.5. The Bertz CT molecular complexity index is 918. The quantitative estimate of drug-likeness (QED) is 0.770. The number of halogens is 1. The highest BCUT2D eigenvalue weighted by atomic mass is 32.2. The van der Waals surface area contributed by atoms with Gasteiger partial charge in [-0.15, -0.1) is 0 Å². The molecule has 28 heavy (non-hydrogen) atoms. The predicted molar refractivity (Wildman–Crippen MR) is 107 cm³/mol. The van der Waals surface area contributed by atoms with Gasteiger partial charge in [-0.05, 0) is 46.6 Å². The SMILES string of the molecule is CC(C)(C)OC(=O)NC1=N[C@](C)(c2ccccc2F)C[S@]2(=O)=NCCCCN12. The third kappa shape index (κ3) is 4.29. The van der Waals surface area contributed by atoms with Gasteiger partial charge in [0.25, 0.3) is 0 Å². The molecule has 9 heteroatoms. The first-order chi connectivity index (χ1) is 13.0. The van der Waals surface area contributed by atoms with Crippen LogP contribution in [0, 0.1) is 5.82 Å². The molecule has 0 radical (unpaired) electrons. The second-order valence-corrected chi connectivity index (χ2v) is 10.4. The number of alkyl carbamates (subject to hydrolysis) is 1. The van der Waals surface area contributed by atoms with Crippen molar-refractivity contribution in [2.45, 2.75) is 51.7 Å². The minimum Gasteiger partial charge on any atom is -0.444 e. The van der Waals surface area contributed by atoms with Gasteiger partial charge in [-0.25, -0.2) is 22.7 Å². The lowest BCUT2D eigenvalue weighted by Crippen LogP contribution is -2.55. The Kier molecular flexibility index (Phi) is 5.40. The fourth-order valence-electron chi connectivity index (χ4n) is 3.36. The lowest BCUT2D eigenvalue weighted by Gasteiger charge is -2.39. The van der Waals surface area contributed by atoms with Crippen molar-refractivity contribution < 1.29 is 18.1 Å². The maximum Gasteiger partial charge on any atom is 0.414 e. The number of guanidine groups is 1. The molecular formula is C19H27FN4O3S. The van der Waals surface area contributed by atoms with Crippen LogP contribution in [-0.2, 0) is 20.2 Å². The molecule has 0 saturated carbocycles. The van der Waals surface area contributed by atoms with E-state index in [1.165, 1.54) is 6.07 Å². The van der Waals surface area contributed by atoms with Crippen molar-refractivity contribution in [3.63, 3.8) is 0 Å². The molecule has 2 aliphatic heterocycles. The van der Waals surface area contributed by atoms with Gasteiger partial charge in [0, 0.05) is 12.1 Å². The van der Waals surface area contributed by atoms with Crippen molar-refractivity contribution in [2.75, 3.05) is 18.8 Å². The molecule has 154 valence electrons. The number of amides is 1. The first kappa shape index (κ1) is 20.6. The zero-order chi connectivity index (χ0) is 20.6. The first-order valence-electron chi connectivity index (χ1n) is 9.36. The van der Waals surface area contributed by atoms with E-state index in [0.717, 1.165) is 12.8 Å². The summed E-state index contributed by atoms with van der Waals surface area (Å²) in [5.74, 6) is -0.266. The van der Waals surface area contributed by atoms with Crippen LogP contribution in [0.25, 0.3) is 0 Å². The van der Waals surface area contributed by atoms with Crippen molar-refractivity contribution in [2.24, 2.45) is 9.36 Å². The molecule has 0 unspecified atom stereocenters. The molecule has 3 rings (SSSR count). The summed E-state index contributed by atoms with van der Waals surface area (Å²) in [5.41, 5.74) is -1.50. The van der Waals surface area contributed by atoms with Crippen LogP contribution in [0.4, 0.5) is 9.18 Å². The van der Waals surface area contributed by atoms with Gasteiger partial charge in [-0.3, -0.25) is 9.62 Å².